The second-order valence-electron chi connectivity index (χ2n) is 7.34. The fourth-order valence-electron chi connectivity index (χ4n) is 2.99. The molecule has 8 heteroatoms. The van der Waals surface area contributed by atoms with E-state index in [9.17, 15) is 13.2 Å². The quantitative estimate of drug-likeness (QED) is 0.592. The largest absolute Gasteiger partial charge is 0.497 e. The summed E-state index contributed by atoms with van der Waals surface area (Å²) in [6.07, 6.45) is 1.76. The minimum absolute atomic E-state index is 0.131. The molecule has 1 aromatic heterocycles. The smallest absolute Gasteiger partial charge is 0.243 e. The summed E-state index contributed by atoms with van der Waals surface area (Å²) in [5.74, 6) is 0.544. The second-order valence-corrected chi connectivity index (χ2v) is 9.33. The van der Waals surface area contributed by atoms with Gasteiger partial charge in [-0.15, -0.1) is 0 Å². The van der Waals surface area contributed by atoms with E-state index in [1.165, 1.54) is 4.31 Å². The topological polar surface area (TPSA) is 88.8 Å². The molecule has 0 unspecified atom stereocenters. The van der Waals surface area contributed by atoms with Crippen molar-refractivity contribution in [2.45, 2.75) is 37.8 Å². The summed E-state index contributed by atoms with van der Waals surface area (Å²) in [5, 5.41) is 3.73. The summed E-state index contributed by atoms with van der Waals surface area (Å²) < 4.78 is 37.0. The molecule has 0 saturated carbocycles. The summed E-state index contributed by atoms with van der Waals surface area (Å²) in [5.41, 5.74) is 2.28. The Bertz CT molecular complexity index is 1130. The number of nitrogens with zero attached hydrogens (tertiary/aromatic N) is 1. The molecule has 0 spiro atoms. The molecule has 0 aliphatic heterocycles. The maximum Gasteiger partial charge on any atom is 0.243 e. The van der Waals surface area contributed by atoms with E-state index < -0.39 is 10.0 Å². The molecule has 0 radical (unpaired) electrons. The van der Waals surface area contributed by atoms with Crippen molar-refractivity contribution in [3.05, 3.63) is 59.9 Å². The van der Waals surface area contributed by atoms with Crippen LogP contribution in [-0.4, -0.2) is 38.8 Å². The zero-order valence-electron chi connectivity index (χ0n) is 17.5. The first kappa shape index (κ1) is 21.9. The first-order chi connectivity index (χ1) is 14.2. The van der Waals surface area contributed by atoms with Crippen molar-refractivity contribution in [2.24, 2.45) is 0 Å². The molecule has 0 atom stereocenters. The molecule has 0 aliphatic rings. The fourth-order valence-corrected chi connectivity index (χ4v) is 4.35. The summed E-state index contributed by atoms with van der Waals surface area (Å²) in [4.78, 5) is 12.6. The van der Waals surface area contributed by atoms with E-state index in [2.05, 4.69) is 5.32 Å². The Balaban J connectivity index is 1.61. The number of furan rings is 1. The van der Waals surface area contributed by atoms with Crippen LogP contribution >= 0.6 is 0 Å². The molecular formula is C22H26N2O5S. The van der Waals surface area contributed by atoms with Gasteiger partial charge < -0.3 is 14.5 Å². The SMILES string of the molecule is COc1ccc2c(CC(=O)NCc3ccc(S(=O)(=O)N(C)C(C)C)cc3)coc2c1. The Hall–Kier alpha value is -2.84. The van der Waals surface area contributed by atoms with Crippen molar-refractivity contribution in [3.8, 4) is 5.75 Å². The highest BCUT2D eigenvalue weighted by molar-refractivity contribution is 7.89. The molecule has 7 nitrogen and oxygen atoms in total. The zero-order chi connectivity index (χ0) is 21.9. The van der Waals surface area contributed by atoms with Crippen molar-refractivity contribution in [1.29, 1.82) is 0 Å². The molecule has 160 valence electrons. The maximum atomic E-state index is 12.5. The number of sulfonamides is 1. The van der Waals surface area contributed by atoms with Gasteiger partial charge in [-0.05, 0) is 43.7 Å². The molecule has 2 aromatic carbocycles. The van der Waals surface area contributed by atoms with Crippen molar-refractivity contribution in [3.63, 3.8) is 0 Å². The predicted molar refractivity (Wildman–Crippen MR) is 115 cm³/mol. The third kappa shape index (κ3) is 4.66. The third-order valence-corrected chi connectivity index (χ3v) is 7.08. The Morgan fingerprint density at radius 3 is 2.50 bits per heavy atom. The standard InChI is InChI=1S/C22H26N2O5S/c1-15(2)24(3)30(26,27)19-8-5-16(6-9-19)13-23-22(25)11-17-14-29-21-12-18(28-4)7-10-20(17)21/h5-10,12,14-15H,11,13H2,1-4H3,(H,23,25). The molecule has 0 saturated heterocycles. The molecule has 0 aliphatic carbocycles. The van der Waals surface area contributed by atoms with Gasteiger partial charge in [-0.1, -0.05) is 12.1 Å². The van der Waals surface area contributed by atoms with Crippen LogP contribution in [0.15, 0.2) is 58.0 Å². The first-order valence-electron chi connectivity index (χ1n) is 9.60. The van der Waals surface area contributed by atoms with Gasteiger partial charge >= 0.3 is 0 Å². The average molecular weight is 431 g/mol. The highest BCUT2D eigenvalue weighted by Crippen LogP contribution is 2.26. The molecule has 0 bridgehead atoms. The molecule has 0 fully saturated rings. The number of carbonyl (C=O) groups is 1. The predicted octanol–water partition coefficient (Wildman–Crippen LogP) is 3.33. The lowest BCUT2D eigenvalue weighted by Crippen LogP contribution is -2.33. The summed E-state index contributed by atoms with van der Waals surface area (Å²) in [7, 11) is -0.374. The lowest BCUT2D eigenvalue weighted by atomic mass is 10.1. The van der Waals surface area contributed by atoms with Crippen molar-refractivity contribution >= 4 is 26.9 Å². The van der Waals surface area contributed by atoms with E-state index in [0.29, 0.717) is 17.9 Å². The van der Waals surface area contributed by atoms with Crippen LogP contribution in [0.4, 0.5) is 0 Å². The van der Waals surface area contributed by atoms with E-state index in [4.69, 9.17) is 9.15 Å². The van der Waals surface area contributed by atoms with E-state index in [1.807, 2.05) is 26.0 Å². The molecule has 3 aromatic rings. The van der Waals surface area contributed by atoms with Crippen LogP contribution in [0.5, 0.6) is 5.75 Å². The van der Waals surface area contributed by atoms with E-state index >= 15 is 0 Å². The van der Waals surface area contributed by atoms with Gasteiger partial charge in [0.15, 0.2) is 0 Å². The maximum absolute atomic E-state index is 12.5. The van der Waals surface area contributed by atoms with Gasteiger partial charge in [-0.3, -0.25) is 4.79 Å². The van der Waals surface area contributed by atoms with Crippen LogP contribution in [0.3, 0.4) is 0 Å². The van der Waals surface area contributed by atoms with E-state index in [1.54, 1.807) is 50.8 Å². The average Bonchev–Trinajstić information content (AvgIpc) is 3.13. The van der Waals surface area contributed by atoms with Crippen molar-refractivity contribution < 1.29 is 22.4 Å². The Morgan fingerprint density at radius 1 is 1.17 bits per heavy atom. The first-order valence-corrected chi connectivity index (χ1v) is 11.0. The molecule has 1 heterocycles. The number of hydrogen-bond acceptors (Lipinski definition) is 5. The van der Waals surface area contributed by atoms with E-state index in [-0.39, 0.29) is 23.3 Å². The number of benzene rings is 2. The van der Waals surface area contributed by atoms with Crippen molar-refractivity contribution in [2.75, 3.05) is 14.2 Å². The van der Waals surface area contributed by atoms with E-state index in [0.717, 1.165) is 16.5 Å². The lowest BCUT2D eigenvalue weighted by molar-refractivity contribution is -0.120. The number of carbonyl (C=O) groups excluding carboxylic acids is 1. The molecule has 1 amide bonds. The normalized spacial score (nSPS) is 11.9. The van der Waals surface area contributed by atoms with Crippen LogP contribution in [0.2, 0.25) is 0 Å². The van der Waals surface area contributed by atoms with Gasteiger partial charge in [0.05, 0.1) is 24.7 Å². The molecule has 30 heavy (non-hydrogen) atoms. The second kappa shape index (κ2) is 8.89. The van der Waals surface area contributed by atoms with Gasteiger partial charge in [-0.2, -0.15) is 4.31 Å². The fraction of sp³-hybridized carbons (Fsp3) is 0.318. The van der Waals surface area contributed by atoms with Crippen LogP contribution < -0.4 is 10.1 Å². The summed E-state index contributed by atoms with van der Waals surface area (Å²) >= 11 is 0. The van der Waals surface area contributed by atoms with Crippen LogP contribution in [0.25, 0.3) is 11.0 Å². The van der Waals surface area contributed by atoms with Crippen LogP contribution in [0, 0.1) is 0 Å². The van der Waals surface area contributed by atoms with Gasteiger partial charge in [0.2, 0.25) is 15.9 Å². The monoisotopic (exact) mass is 430 g/mol. The number of amides is 1. The Kier molecular flexibility index (Phi) is 6.48. The van der Waals surface area contributed by atoms with Gasteiger partial charge in [0.25, 0.3) is 0 Å². The summed E-state index contributed by atoms with van der Waals surface area (Å²) in [6.45, 7) is 3.95. The van der Waals surface area contributed by atoms with Gasteiger partial charge in [0, 0.05) is 36.7 Å². The van der Waals surface area contributed by atoms with Crippen LogP contribution in [0.1, 0.15) is 25.0 Å². The number of nitrogens with one attached hydrogen (secondary N) is 1. The Labute approximate surface area is 176 Å². The minimum Gasteiger partial charge on any atom is -0.497 e. The minimum atomic E-state index is -3.52. The van der Waals surface area contributed by atoms with Gasteiger partial charge in [0.1, 0.15) is 11.3 Å². The third-order valence-electron chi connectivity index (χ3n) is 5.03. The van der Waals surface area contributed by atoms with Crippen LogP contribution in [-0.2, 0) is 27.8 Å². The number of hydrogen-bond donors (Lipinski definition) is 1. The number of methoxy groups -OCH3 is 1. The highest BCUT2D eigenvalue weighted by Gasteiger charge is 2.22. The molecule has 1 N–H and O–H groups in total. The van der Waals surface area contributed by atoms with Gasteiger partial charge in [-0.25, -0.2) is 8.42 Å². The lowest BCUT2D eigenvalue weighted by Gasteiger charge is -2.21. The number of rotatable bonds is 8. The molecular weight excluding hydrogens is 404 g/mol. The Morgan fingerprint density at radius 2 is 1.87 bits per heavy atom. The summed E-state index contributed by atoms with van der Waals surface area (Å²) in [6, 6.07) is 11.9. The number of ether oxygens (including phenoxy) is 1. The van der Waals surface area contributed by atoms with Crippen molar-refractivity contribution in [1.82, 2.24) is 9.62 Å². The highest BCUT2D eigenvalue weighted by atomic mass is 32.2. The molecule has 3 rings (SSSR count). The number of fused-ring (bicyclic) bond motifs is 1. The zero-order valence-corrected chi connectivity index (χ0v) is 18.3.